The summed E-state index contributed by atoms with van der Waals surface area (Å²) in [4.78, 5) is 15.0. The van der Waals surface area contributed by atoms with Crippen molar-refractivity contribution in [2.75, 3.05) is 12.3 Å². The third-order valence-electron chi connectivity index (χ3n) is 2.95. The minimum Gasteiger partial charge on any atom is -0.393 e. The zero-order valence-electron chi connectivity index (χ0n) is 10.3. The number of rotatable bonds is 2. The second-order valence-electron chi connectivity index (χ2n) is 4.22. The van der Waals surface area contributed by atoms with Crippen molar-refractivity contribution in [3.05, 3.63) is 22.2 Å². The molecule has 6 nitrogen and oxygen atoms in total. The molecule has 1 fully saturated rings. The molecule has 0 aromatic carbocycles. The van der Waals surface area contributed by atoms with Gasteiger partial charge in [-0.15, -0.1) is 0 Å². The zero-order valence-corrected chi connectivity index (χ0v) is 11.0. The topological polar surface area (TPSA) is 90.4 Å². The van der Waals surface area contributed by atoms with Gasteiger partial charge in [0.25, 0.3) is 0 Å². The molecule has 1 aliphatic rings. The minimum absolute atomic E-state index is 0.0452. The van der Waals surface area contributed by atoms with Crippen molar-refractivity contribution in [1.29, 1.82) is 0 Å². The second-order valence-corrected chi connectivity index (χ2v) is 4.41. The molecule has 0 saturated carbocycles. The average molecular weight is 324 g/mol. The molecular weight excluding hydrogens is 315 g/mol. The van der Waals surface area contributed by atoms with Crippen molar-refractivity contribution in [1.82, 2.24) is 9.55 Å². The highest BCUT2D eigenvalue weighted by molar-refractivity contribution is 6.30. The molecule has 0 aliphatic carbocycles. The van der Waals surface area contributed by atoms with Crippen molar-refractivity contribution >= 4 is 17.4 Å². The predicted molar refractivity (Wildman–Crippen MR) is 66.5 cm³/mol. The summed E-state index contributed by atoms with van der Waals surface area (Å²) in [5, 5.41) is 10.8. The number of anilines is 1. The van der Waals surface area contributed by atoms with Crippen LogP contribution in [-0.2, 0) is 4.74 Å². The maximum absolute atomic E-state index is 13.8. The molecule has 3 unspecified atom stereocenters. The number of ether oxygens (including phenoxy) is 1. The molecule has 21 heavy (non-hydrogen) atoms. The standard InChI is InChI=1S/C11H9ClF3N3O3/c12-2-1-5-3-18(10(20)17-8(5)16)9-7(13)11(14,15)6(4-19)21-9/h3,6-7,9,19H,4H2,(H2,16,17,20). The Labute approximate surface area is 121 Å². The number of aliphatic hydroxyl groups is 1. The van der Waals surface area contributed by atoms with Gasteiger partial charge in [-0.2, -0.15) is 4.98 Å². The number of nitrogen functional groups attached to an aromatic ring is 1. The quantitative estimate of drug-likeness (QED) is 0.761. The van der Waals surface area contributed by atoms with Gasteiger partial charge in [0.05, 0.1) is 12.2 Å². The van der Waals surface area contributed by atoms with E-state index in [1.54, 1.807) is 0 Å². The molecule has 10 heteroatoms. The Morgan fingerprint density at radius 2 is 2.29 bits per heavy atom. The van der Waals surface area contributed by atoms with Gasteiger partial charge in [-0.3, -0.25) is 4.57 Å². The fourth-order valence-electron chi connectivity index (χ4n) is 1.88. The summed E-state index contributed by atoms with van der Waals surface area (Å²) < 4.78 is 46.1. The van der Waals surface area contributed by atoms with Crippen LogP contribution in [0.1, 0.15) is 11.8 Å². The maximum Gasteiger partial charge on any atom is 0.351 e. The molecule has 3 atom stereocenters. The lowest BCUT2D eigenvalue weighted by atomic mass is 10.1. The minimum atomic E-state index is -3.95. The Morgan fingerprint density at radius 3 is 2.81 bits per heavy atom. The van der Waals surface area contributed by atoms with Crippen LogP contribution in [-0.4, -0.2) is 39.5 Å². The molecule has 0 amide bonds. The van der Waals surface area contributed by atoms with Crippen molar-refractivity contribution in [3.63, 3.8) is 0 Å². The van der Waals surface area contributed by atoms with Crippen LogP contribution in [0, 0.1) is 11.3 Å². The van der Waals surface area contributed by atoms with Gasteiger partial charge in [0, 0.05) is 11.6 Å². The normalized spacial score (nSPS) is 27.2. The number of hydrogen-bond donors (Lipinski definition) is 2. The maximum atomic E-state index is 13.8. The first-order valence-electron chi connectivity index (χ1n) is 5.61. The lowest BCUT2D eigenvalue weighted by molar-refractivity contribution is -0.111. The molecule has 1 aromatic rings. The van der Waals surface area contributed by atoms with Gasteiger partial charge in [-0.05, 0) is 17.5 Å². The molecule has 1 aliphatic heterocycles. The third kappa shape index (κ3) is 2.57. The molecular formula is C11H9ClF3N3O3. The Kier molecular flexibility index (Phi) is 4.13. The first-order chi connectivity index (χ1) is 9.82. The largest absolute Gasteiger partial charge is 0.393 e. The van der Waals surface area contributed by atoms with E-state index in [-0.39, 0.29) is 11.4 Å². The fraction of sp³-hybridized carbons (Fsp3) is 0.455. The average Bonchev–Trinajstić information content (AvgIpc) is 2.64. The number of nitrogens with zero attached hydrogens (tertiary/aromatic N) is 2. The van der Waals surface area contributed by atoms with Crippen molar-refractivity contribution < 1.29 is 23.0 Å². The van der Waals surface area contributed by atoms with E-state index in [2.05, 4.69) is 10.9 Å². The number of hydrogen-bond acceptors (Lipinski definition) is 5. The highest BCUT2D eigenvalue weighted by Crippen LogP contribution is 2.42. The van der Waals surface area contributed by atoms with Gasteiger partial charge >= 0.3 is 11.6 Å². The third-order valence-corrected chi connectivity index (χ3v) is 3.05. The smallest absolute Gasteiger partial charge is 0.351 e. The molecule has 114 valence electrons. The number of alkyl halides is 3. The van der Waals surface area contributed by atoms with Crippen LogP contribution in [0.25, 0.3) is 0 Å². The first-order valence-corrected chi connectivity index (χ1v) is 5.99. The van der Waals surface area contributed by atoms with Crippen molar-refractivity contribution in [2.45, 2.75) is 24.4 Å². The Bertz CT molecular complexity index is 670. The Hall–Kier alpha value is -1.76. The molecule has 0 spiro atoms. The van der Waals surface area contributed by atoms with Crippen LogP contribution >= 0.6 is 11.6 Å². The van der Waals surface area contributed by atoms with Crippen LogP contribution in [0.2, 0.25) is 0 Å². The summed E-state index contributed by atoms with van der Waals surface area (Å²) in [6, 6.07) is 0. The molecule has 1 saturated heterocycles. The predicted octanol–water partition coefficient (Wildman–Crippen LogP) is 0.236. The second kappa shape index (κ2) is 5.55. The van der Waals surface area contributed by atoms with E-state index >= 15 is 0 Å². The molecule has 2 heterocycles. The highest BCUT2D eigenvalue weighted by atomic mass is 35.5. The summed E-state index contributed by atoms with van der Waals surface area (Å²) >= 11 is 5.19. The number of aliphatic hydroxyl groups excluding tert-OH is 1. The van der Waals surface area contributed by atoms with Gasteiger partial charge in [0.15, 0.2) is 6.23 Å². The summed E-state index contributed by atoms with van der Waals surface area (Å²) in [6.07, 6.45) is -5.93. The first kappa shape index (κ1) is 15.6. The number of halogens is 4. The lowest BCUT2D eigenvalue weighted by Gasteiger charge is -2.17. The van der Waals surface area contributed by atoms with Crippen LogP contribution in [0.4, 0.5) is 19.0 Å². The lowest BCUT2D eigenvalue weighted by Crippen LogP contribution is -2.39. The summed E-state index contributed by atoms with van der Waals surface area (Å²) in [6.45, 7) is -1.10. The van der Waals surface area contributed by atoms with E-state index in [0.29, 0.717) is 4.57 Å². The van der Waals surface area contributed by atoms with E-state index in [9.17, 15) is 18.0 Å². The van der Waals surface area contributed by atoms with E-state index < -0.39 is 36.7 Å². The van der Waals surface area contributed by atoms with E-state index in [1.807, 2.05) is 5.38 Å². The van der Waals surface area contributed by atoms with Crippen LogP contribution in [0.15, 0.2) is 11.0 Å². The van der Waals surface area contributed by atoms with Crippen molar-refractivity contribution in [3.8, 4) is 11.3 Å². The summed E-state index contributed by atoms with van der Waals surface area (Å²) in [7, 11) is 0. The Balaban J connectivity index is 2.49. The molecule has 0 bridgehead atoms. The van der Waals surface area contributed by atoms with E-state index in [1.165, 1.54) is 0 Å². The van der Waals surface area contributed by atoms with E-state index in [4.69, 9.17) is 27.2 Å². The van der Waals surface area contributed by atoms with Gasteiger partial charge in [-0.25, -0.2) is 18.0 Å². The number of aromatic nitrogens is 2. The highest BCUT2D eigenvalue weighted by Gasteiger charge is 2.60. The monoisotopic (exact) mass is 323 g/mol. The zero-order chi connectivity index (χ0) is 15.8. The van der Waals surface area contributed by atoms with Crippen LogP contribution < -0.4 is 11.4 Å². The molecule has 3 N–H and O–H groups in total. The van der Waals surface area contributed by atoms with E-state index in [0.717, 1.165) is 6.20 Å². The van der Waals surface area contributed by atoms with Gasteiger partial charge in [0.2, 0.25) is 6.17 Å². The van der Waals surface area contributed by atoms with Gasteiger partial charge in [0.1, 0.15) is 11.9 Å². The molecule has 1 aromatic heterocycles. The van der Waals surface area contributed by atoms with Gasteiger partial charge in [-0.1, -0.05) is 0 Å². The Morgan fingerprint density at radius 1 is 1.62 bits per heavy atom. The number of nitrogens with two attached hydrogens (primary N) is 1. The molecule has 2 rings (SSSR count). The SMILES string of the molecule is Nc1nc(=O)n(C2OC(CO)C(F)(F)C2F)cc1C#CCl. The van der Waals surface area contributed by atoms with Crippen LogP contribution in [0.3, 0.4) is 0 Å². The molecule has 0 radical (unpaired) electrons. The summed E-state index contributed by atoms with van der Waals surface area (Å²) in [5.41, 5.74) is 4.27. The summed E-state index contributed by atoms with van der Waals surface area (Å²) in [5.74, 6) is -1.94. The van der Waals surface area contributed by atoms with Gasteiger partial charge < -0.3 is 15.6 Å². The fourth-order valence-corrected chi connectivity index (χ4v) is 1.98. The van der Waals surface area contributed by atoms with Crippen molar-refractivity contribution in [2.24, 2.45) is 0 Å². The van der Waals surface area contributed by atoms with Crippen LogP contribution in [0.5, 0.6) is 0 Å².